The number of amidine groups is 2. The Morgan fingerprint density at radius 1 is 0.653 bits per heavy atom. The highest BCUT2D eigenvalue weighted by atomic mass is 15.0. The smallest absolute Gasteiger partial charge is 0.160 e. The Morgan fingerprint density at radius 2 is 1.29 bits per heavy atom. The first-order valence-electron chi connectivity index (χ1n) is 16.7. The number of nitrogens with two attached hydrogens (primary N) is 1. The molecule has 0 saturated heterocycles. The van der Waals surface area contributed by atoms with Crippen molar-refractivity contribution < 1.29 is 0 Å². The van der Waals surface area contributed by atoms with E-state index in [9.17, 15) is 0 Å². The van der Waals surface area contributed by atoms with Crippen molar-refractivity contribution in [1.82, 2.24) is 9.97 Å². The summed E-state index contributed by atoms with van der Waals surface area (Å²) in [6.07, 6.45) is 3.00. The third kappa shape index (κ3) is 6.65. The molecule has 7 aromatic rings. The Bertz CT molecular complexity index is 2350. The monoisotopic (exact) mass is 635 g/mol. The van der Waals surface area contributed by atoms with Crippen LogP contribution >= 0.6 is 0 Å². The normalized spacial score (nSPS) is 12.5. The lowest BCUT2D eigenvalue weighted by molar-refractivity contribution is 1.06. The fourth-order valence-corrected chi connectivity index (χ4v) is 6.29. The van der Waals surface area contributed by atoms with Crippen molar-refractivity contribution >= 4 is 38.8 Å². The van der Waals surface area contributed by atoms with Crippen molar-refractivity contribution in [3.05, 3.63) is 174 Å². The van der Waals surface area contributed by atoms with Gasteiger partial charge in [0.2, 0.25) is 0 Å². The van der Waals surface area contributed by atoms with Gasteiger partial charge in [-0.05, 0) is 52.1 Å². The Morgan fingerprint density at radius 3 is 2.00 bits per heavy atom. The number of aromatic nitrogens is 2. The van der Waals surface area contributed by atoms with Crippen LogP contribution in [0.1, 0.15) is 42.7 Å². The van der Waals surface area contributed by atoms with Crippen LogP contribution in [0.15, 0.2) is 162 Å². The average Bonchev–Trinajstić information content (AvgIpc) is 3.17. The van der Waals surface area contributed by atoms with Gasteiger partial charge in [-0.1, -0.05) is 153 Å². The highest BCUT2D eigenvalue weighted by Gasteiger charge is 2.17. The van der Waals surface area contributed by atoms with E-state index in [1.165, 1.54) is 11.0 Å². The highest BCUT2D eigenvalue weighted by molar-refractivity contribution is 6.11. The van der Waals surface area contributed by atoms with Gasteiger partial charge in [0.1, 0.15) is 5.84 Å². The van der Waals surface area contributed by atoms with Gasteiger partial charge < -0.3 is 5.73 Å². The SMILES string of the molecule is C/C=C(\CC)c1cc(-c2cccc3ccccc23)nc(-c2ccc3ccccc3c2CN=C(N=C(N)c2ccccc2)c2ccccc2)n1. The summed E-state index contributed by atoms with van der Waals surface area (Å²) in [6.45, 7) is 4.59. The fourth-order valence-electron chi connectivity index (χ4n) is 6.29. The highest BCUT2D eigenvalue weighted by Crippen LogP contribution is 2.34. The number of aliphatic imine (C=N–C) groups is 2. The summed E-state index contributed by atoms with van der Waals surface area (Å²) in [6, 6.07) is 49.4. The fraction of sp³-hybridized carbons (Fsp3) is 0.0909. The van der Waals surface area contributed by atoms with E-state index < -0.39 is 0 Å². The maximum Gasteiger partial charge on any atom is 0.160 e. The van der Waals surface area contributed by atoms with Crippen LogP contribution in [0.2, 0.25) is 0 Å². The minimum absolute atomic E-state index is 0.355. The van der Waals surface area contributed by atoms with Gasteiger partial charge in [0.05, 0.1) is 17.9 Å². The predicted octanol–water partition coefficient (Wildman–Crippen LogP) is 10.3. The van der Waals surface area contributed by atoms with Gasteiger partial charge in [-0.25, -0.2) is 15.0 Å². The van der Waals surface area contributed by atoms with Gasteiger partial charge in [-0.2, -0.15) is 0 Å². The summed E-state index contributed by atoms with van der Waals surface area (Å²) < 4.78 is 0. The number of hydrogen-bond acceptors (Lipinski definition) is 3. The van der Waals surface area contributed by atoms with Crippen molar-refractivity contribution in [1.29, 1.82) is 0 Å². The van der Waals surface area contributed by atoms with Crippen molar-refractivity contribution in [3.8, 4) is 22.6 Å². The lowest BCUT2D eigenvalue weighted by atomic mass is 9.97. The second-order valence-electron chi connectivity index (χ2n) is 11.8. The first-order chi connectivity index (χ1) is 24.1. The molecule has 0 fully saturated rings. The standard InChI is InChI=1S/C44H37N5/c1-3-30(4-2)40-28-41(37-25-15-22-31-16-11-13-23-35(31)37)48-44(47-40)38-27-26-32-17-12-14-24-36(32)39(38)29-46-43(34-20-9-6-10-21-34)49-42(45)33-18-7-5-8-19-33/h3,5-28H,4,29H2,1-2H3,(H2,45,46,49)/b30-3+. The van der Waals surface area contributed by atoms with E-state index in [0.29, 0.717) is 24.0 Å². The van der Waals surface area contributed by atoms with Gasteiger partial charge in [0.15, 0.2) is 11.7 Å². The quantitative estimate of drug-likeness (QED) is 0.133. The molecule has 0 unspecified atom stereocenters. The minimum atomic E-state index is 0.355. The molecular formula is C44H37N5. The molecule has 238 valence electrons. The van der Waals surface area contributed by atoms with Gasteiger partial charge in [0.25, 0.3) is 0 Å². The lowest BCUT2D eigenvalue weighted by Crippen LogP contribution is -2.16. The molecule has 5 nitrogen and oxygen atoms in total. The molecule has 5 heteroatoms. The average molecular weight is 636 g/mol. The molecule has 0 aliphatic rings. The van der Waals surface area contributed by atoms with Crippen LogP contribution in [-0.4, -0.2) is 21.6 Å². The first kappa shape index (κ1) is 31.4. The molecular weight excluding hydrogens is 599 g/mol. The second kappa shape index (κ2) is 14.3. The summed E-state index contributed by atoms with van der Waals surface area (Å²) in [4.78, 5) is 20.5. The van der Waals surface area contributed by atoms with E-state index in [1.54, 1.807) is 0 Å². The number of allylic oxidation sites excluding steroid dienone is 2. The van der Waals surface area contributed by atoms with Crippen molar-refractivity contribution in [2.45, 2.75) is 26.8 Å². The minimum Gasteiger partial charge on any atom is -0.383 e. The second-order valence-corrected chi connectivity index (χ2v) is 11.8. The Labute approximate surface area is 287 Å². The van der Waals surface area contributed by atoms with Crippen molar-refractivity contribution in [3.63, 3.8) is 0 Å². The molecule has 0 aliphatic carbocycles. The molecule has 0 saturated carbocycles. The molecule has 6 aromatic carbocycles. The molecule has 1 heterocycles. The van der Waals surface area contributed by atoms with E-state index in [0.717, 1.165) is 61.8 Å². The lowest BCUT2D eigenvalue weighted by Gasteiger charge is -2.15. The van der Waals surface area contributed by atoms with Gasteiger partial charge in [-0.3, -0.25) is 4.99 Å². The number of benzene rings is 6. The molecule has 7 rings (SSSR count). The largest absolute Gasteiger partial charge is 0.383 e. The molecule has 49 heavy (non-hydrogen) atoms. The summed E-state index contributed by atoms with van der Waals surface area (Å²) in [5, 5.41) is 4.55. The molecule has 0 amide bonds. The topological polar surface area (TPSA) is 76.5 Å². The van der Waals surface area contributed by atoms with Crippen LogP contribution in [0.25, 0.3) is 49.8 Å². The van der Waals surface area contributed by atoms with Gasteiger partial charge >= 0.3 is 0 Å². The van der Waals surface area contributed by atoms with Crippen molar-refractivity contribution in [2.75, 3.05) is 0 Å². The number of hydrogen-bond donors (Lipinski definition) is 1. The molecule has 0 aliphatic heterocycles. The molecule has 0 atom stereocenters. The van der Waals surface area contributed by atoms with E-state index in [1.807, 2.05) is 60.7 Å². The first-order valence-corrected chi connectivity index (χ1v) is 16.7. The summed E-state index contributed by atoms with van der Waals surface area (Å²) in [7, 11) is 0. The Kier molecular flexibility index (Phi) is 9.15. The van der Waals surface area contributed by atoms with Crippen LogP contribution < -0.4 is 5.73 Å². The van der Waals surface area contributed by atoms with E-state index in [-0.39, 0.29) is 0 Å². The van der Waals surface area contributed by atoms with Crippen LogP contribution in [0.4, 0.5) is 0 Å². The molecule has 0 spiro atoms. The van der Waals surface area contributed by atoms with Crippen LogP contribution in [-0.2, 0) is 6.54 Å². The Balaban J connectivity index is 1.43. The number of nitrogens with zero attached hydrogens (tertiary/aromatic N) is 4. The maximum atomic E-state index is 6.54. The van der Waals surface area contributed by atoms with Crippen LogP contribution in [0.5, 0.6) is 0 Å². The van der Waals surface area contributed by atoms with E-state index >= 15 is 0 Å². The zero-order chi connectivity index (χ0) is 33.6. The molecule has 1 aromatic heterocycles. The summed E-state index contributed by atoms with van der Waals surface area (Å²) in [5.74, 6) is 1.64. The molecule has 0 bridgehead atoms. The predicted molar refractivity (Wildman–Crippen MR) is 206 cm³/mol. The zero-order valence-electron chi connectivity index (χ0n) is 27.7. The van der Waals surface area contributed by atoms with E-state index in [2.05, 4.69) is 105 Å². The van der Waals surface area contributed by atoms with Gasteiger partial charge in [0, 0.05) is 22.3 Å². The summed E-state index contributed by atoms with van der Waals surface area (Å²) in [5.41, 5.74) is 14.3. The third-order valence-corrected chi connectivity index (χ3v) is 8.85. The van der Waals surface area contributed by atoms with Crippen molar-refractivity contribution in [2.24, 2.45) is 15.7 Å². The third-order valence-electron chi connectivity index (χ3n) is 8.85. The zero-order valence-corrected chi connectivity index (χ0v) is 27.7. The summed E-state index contributed by atoms with van der Waals surface area (Å²) >= 11 is 0. The maximum absolute atomic E-state index is 6.54. The molecule has 0 radical (unpaired) electrons. The molecule has 2 N–H and O–H groups in total. The van der Waals surface area contributed by atoms with Crippen LogP contribution in [0.3, 0.4) is 0 Å². The number of fused-ring (bicyclic) bond motifs is 2. The Hall–Kier alpha value is -6.20. The van der Waals surface area contributed by atoms with Crippen LogP contribution in [0, 0.1) is 0 Å². The van der Waals surface area contributed by atoms with E-state index in [4.69, 9.17) is 25.7 Å². The number of rotatable bonds is 8. The van der Waals surface area contributed by atoms with Gasteiger partial charge in [-0.15, -0.1) is 0 Å².